The van der Waals surface area contributed by atoms with E-state index in [2.05, 4.69) is 10.3 Å². The van der Waals surface area contributed by atoms with Crippen molar-refractivity contribution in [2.75, 3.05) is 19.8 Å². The van der Waals surface area contributed by atoms with Crippen LogP contribution in [0, 0.1) is 17.5 Å². The number of ether oxygens (including phenoxy) is 1. The highest BCUT2D eigenvalue weighted by atomic mass is 19.1. The van der Waals surface area contributed by atoms with Crippen LogP contribution in [-0.2, 0) is 17.7 Å². The molecule has 0 amide bonds. The van der Waals surface area contributed by atoms with Crippen LogP contribution in [0.25, 0.3) is 17.1 Å². The van der Waals surface area contributed by atoms with Crippen LogP contribution in [0.3, 0.4) is 0 Å². The Bertz CT molecular complexity index is 1360. The Morgan fingerprint density at radius 2 is 1.92 bits per heavy atom. The van der Waals surface area contributed by atoms with Gasteiger partial charge in [-0.15, -0.1) is 0 Å². The number of rotatable bonds is 9. The Morgan fingerprint density at radius 3 is 2.65 bits per heavy atom. The largest absolute Gasteiger partial charge is 0.395 e. The number of aliphatic hydroxyl groups excluding tert-OH is 1. The summed E-state index contributed by atoms with van der Waals surface area (Å²) in [5.41, 5.74) is 0.745. The zero-order chi connectivity index (χ0) is 26.0. The van der Waals surface area contributed by atoms with Gasteiger partial charge in [-0.3, -0.25) is 9.78 Å². The molecule has 4 heterocycles. The minimum absolute atomic E-state index is 0.0738. The van der Waals surface area contributed by atoms with E-state index < -0.39 is 17.5 Å². The van der Waals surface area contributed by atoms with Crippen molar-refractivity contribution in [1.82, 2.24) is 14.9 Å². The monoisotopic (exact) mass is 513 g/mol. The normalized spacial score (nSPS) is 23.4. The summed E-state index contributed by atoms with van der Waals surface area (Å²) in [6.07, 6.45) is 8.96. The summed E-state index contributed by atoms with van der Waals surface area (Å²) >= 11 is 0. The maximum Gasteiger partial charge on any atom is 0.251 e. The first kappa shape index (κ1) is 25.6. The number of nitrogens with zero attached hydrogens (tertiary/aromatic N) is 2. The number of halogens is 3. The lowest BCUT2D eigenvalue weighted by molar-refractivity contribution is -0.164. The molecule has 6 rings (SSSR count). The van der Waals surface area contributed by atoms with Crippen molar-refractivity contribution >= 4 is 17.1 Å². The maximum atomic E-state index is 14.9. The molecule has 9 heteroatoms. The number of nitrogens with one attached hydrogen (secondary N) is 1. The molecule has 2 aromatic heterocycles. The van der Waals surface area contributed by atoms with Crippen molar-refractivity contribution in [2.24, 2.45) is 0 Å². The number of aryl methyl sites for hydroxylation is 1. The predicted octanol–water partition coefficient (Wildman–Crippen LogP) is 4.12. The zero-order valence-corrected chi connectivity index (χ0v) is 20.5. The van der Waals surface area contributed by atoms with Gasteiger partial charge in [-0.1, -0.05) is 12.2 Å². The first-order valence-corrected chi connectivity index (χ1v) is 12.6. The van der Waals surface area contributed by atoms with Crippen LogP contribution in [0.2, 0.25) is 0 Å². The Morgan fingerprint density at radius 1 is 1.11 bits per heavy atom. The quantitative estimate of drug-likeness (QED) is 0.450. The third kappa shape index (κ3) is 5.21. The van der Waals surface area contributed by atoms with Gasteiger partial charge in [-0.05, 0) is 62.8 Å². The summed E-state index contributed by atoms with van der Waals surface area (Å²) in [7, 11) is 0. The molecule has 2 aliphatic heterocycles. The number of fused-ring (bicyclic) bond motifs is 4. The molecule has 2 N–H and O–H groups in total. The second-order valence-electron chi connectivity index (χ2n) is 10.1. The second-order valence-corrected chi connectivity index (χ2v) is 10.1. The highest BCUT2D eigenvalue weighted by Crippen LogP contribution is 2.46. The Labute approximate surface area is 212 Å². The van der Waals surface area contributed by atoms with E-state index in [1.54, 1.807) is 18.2 Å². The summed E-state index contributed by atoms with van der Waals surface area (Å²) in [5, 5.41) is 13.0. The van der Waals surface area contributed by atoms with E-state index in [0.717, 1.165) is 37.8 Å². The van der Waals surface area contributed by atoms with E-state index in [1.807, 2.05) is 0 Å². The number of benzene rings is 1. The molecule has 3 aliphatic rings. The van der Waals surface area contributed by atoms with E-state index >= 15 is 0 Å². The fourth-order valence-corrected chi connectivity index (χ4v) is 5.64. The molecule has 6 nitrogen and oxygen atoms in total. The van der Waals surface area contributed by atoms with Crippen molar-refractivity contribution in [3.63, 3.8) is 0 Å². The van der Waals surface area contributed by atoms with Crippen LogP contribution in [0.15, 0.2) is 47.4 Å². The Hall–Kier alpha value is -3.01. The van der Waals surface area contributed by atoms with E-state index in [4.69, 9.17) is 4.74 Å². The number of hydrogen-bond donors (Lipinski definition) is 2. The lowest BCUT2D eigenvalue weighted by atomic mass is 9.69. The topological polar surface area (TPSA) is 76.4 Å². The minimum Gasteiger partial charge on any atom is -0.395 e. The van der Waals surface area contributed by atoms with Gasteiger partial charge in [0.1, 0.15) is 17.5 Å². The van der Waals surface area contributed by atoms with Crippen molar-refractivity contribution in [3.8, 4) is 0 Å². The van der Waals surface area contributed by atoms with Gasteiger partial charge in [0.15, 0.2) is 0 Å². The van der Waals surface area contributed by atoms with E-state index in [1.165, 1.54) is 22.9 Å². The van der Waals surface area contributed by atoms with Crippen molar-refractivity contribution in [1.29, 1.82) is 0 Å². The smallest absolute Gasteiger partial charge is 0.251 e. The summed E-state index contributed by atoms with van der Waals surface area (Å²) in [4.78, 5) is 16.5. The van der Waals surface area contributed by atoms with E-state index in [0.29, 0.717) is 42.6 Å². The number of aromatic nitrogens is 2. The summed E-state index contributed by atoms with van der Waals surface area (Å²) in [6, 6.07) is 6.34. The maximum absolute atomic E-state index is 14.9. The molecule has 3 aromatic rings. The first-order chi connectivity index (χ1) is 17.8. The molecule has 1 saturated carbocycles. The van der Waals surface area contributed by atoms with Crippen molar-refractivity contribution < 1.29 is 23.0 Å². The van der Waals surface area contributed by atoms with Gasteiger partial charge in [0, 0.05) is 35.8 Å². The summed E-state index contributed by atoms with van der Waals surface area (Å²) in [5.74, 6) is -1.41. The molecule has 0 unspecified atom stereocenters. The molecule has 0 radical (unpaired) electrons. The van der Waals surface area contributed by atoms with Crippen LogP contribution >= 0.6 is 0 Å². The van der Waals surface area contributed by atoms with Gasteiger partial charge < -0.3 is 19.7 Å². The second kappa shape index (κ2) is 10.4. The molecule has 196 valence electrons. The average molecular weight is 514 g/mol. The van der Waals surface area contributed by atoms with Gasteiger partial charge in [0.25, 0.3) is 5.56 Å². The minimum atomic E-state index is -0.478. The highest BCUT2D eigenvalue weighted by molar-refractivity contribution is 5.78. The molecular formula is C28H30F3N3O3. The van der Waals surface area contributed by atoms with Crippen LogP contribution in [-0.4, -0.2) is 45.6 Å². The van der Waals surface area contributed by atoms with Gasteiger partial charge in [-0.2, -0.15) is 0 Å². The first-order valence-electron chi connectivity index (χ1n) is 12.6. The standard InChI is InChI=1S/C28H30F3N3O3/c29-20-3-4-22(30)19(16-20)2-1-13-33-27-9-11-28(12-10-27,37-18-27)8-7-21-23(31)17-32-24-5-6-25(36)34(14-15-35)26(21)24/h1-6,16-17,33,35H,7-15,18H2/b2-1+. The van der Waals surface area contributed by atoms with Crippen LogP contribution in [0.1, 0.15) is 43.2 Å². The van der Waals surface area contributed by atoms with Gasteiger partial charge in [0.05, 0.1) is 36.0 Å². The predicted molar refractivity (Wildman–Crippen MR) is 135 cm³/mol. The van der Waals surface area contributed by atoms with Crippen molar-refractivity contribution in [2.45, 2.75) is 56.2 Å². The number of hydrogen-bond acceptors (Lipinski definition) is 5. The van der Waals surface area contributed by atoms with Crippen LogP contribution < -0.4 is 10.9 Å². The van der Waals surface area contributed by atoms with E-state index in [-0.39, 0.29) is 35.4 Å². The Kier molecular flexibility index (Phi) is 7.20. The van der Waals surface area contributed by atoms with Crippen molar-refractivity contribution in [3.05, 3.63) is 81.5 Å². The molecule has 1 aromatic carbocycles. The molecule has 1 aliphatic carbocycles. The molecule has 2 saturated heterocycles. The molecule has 37 heavy (non-hydrogen) atoms. The third-order valence-electron chi connectivity index (χ3n) is 7.83. The van der Waals surface area contributed by atoms with Gasteiger partial charge in [0.2, 0.25) is 0 Å². The molecule has 2 bridgehead atoms. The number of pyridine rings is 2. The lowest BCUT2D eigenvalue weighted by Crippen LogP contribution is -2.61. The molecule has 3 fully saturated rings. The Balaban J connectivity index is 1.24. The van der Waals surface area contributed by atoms with E-state index in [9.17, 15) is 23.1 Å². The number of aliphatic hydroxyl groups is 1. The molecule has 0 spiro atoms. The fourth-order valence-electron chi connectivity index (χ4n) is 5.64. The molecular weight excluding hydrogens is 483 g/mol. The summed E-state index contributed by atoms with van der Waals surface area (Å²) < 4.78 is 49.8. The average Bonchev–Trinajstić information content (AvgIpc) is 2.91. The van der Waals surface area contributed by atoms with Gasteiger partial charge in [-0.25, -0.2) is 13.2 Å². The van der Waals surface area contributed by atoms with Crippen LogP contribution in [0.5, 0.6) is 0 Å². The fraction of sp³-hybridized carbons (Fsp3) is 0.429. The highest BCUT2D eigenvalue weighted by Gasteiger charge is 2.49. The summed E-state index contributed by atoms with van der Waals surface area (Å²) in [6.45, 7) is 0.862. The third-order valence-corrected chi connectivity index (χ3v) is 7.83. The van der Waals surface area contributed by atoms with Gasteiger partial charge >= 0.3 is 0 Å². The van der Waals surface area contributed by atoms with Crippen LogP contribution in [0.4, 0.5) is 13.2 Å². The lowest BCUT2D eigenvalue weighted by Gasteiger charge is -2.53. The molecule has 0 atom stereocenters. The SMILES string of the molecule is O=c1ccc2ncc(F)c(CCC34CCC(NC/C=C/c5cc(F)ccc5F)(CC3)CO4)c2n1CCO. The zero-order valence-electron chi connectivity index (χ0n) is 20.5.